The summed E-state index contributed by atoms with van der Waals surface area (Å²) in [5.41, 5.74) is 0. The molecule has 8 nitrogen and oxygen atoms in total. The zero-order chi connectivity index (χ0) is 26.6. The number of alkyl halides is 12. The molecule has 0 heterocycles. The first-order chi connectivity index (χ1) is 13.2. The number of Topliss-reactive ketones (excluding diaryl/α,β-unsaturated/α-hetero) is 2. The van der Waals surface area contributed by atoms with E-state index in [1.807, 2.05) is 0 Å². The van der Waals surface area contributed by atoms with E-state index in [9.17, 15) is 62.3 Å². The van der Waals surface area contributed by atoms with Gasteiger partial charge in [-0.1, -0.05) is 0 Å². The Hall–Kier alpha value is -1.74. The van der Waals surface area contributed by atoms with Crippen LogP contribution in [0.5, 0.6) is 0 Å². The van der Waals surface area contributed by atoms with Crippen molar-refractivity contribution in [1.82, 2.24) is 0 Å². The number of carboxylic acid groups (broad SMARTS) is 3. The summed E-state index contributed by atoms with van der Waals surface area (Å²) in [5, 5.41) is 26.4. The minimum absolute atomic E-state index is 0. The summed E-state index contributed by atoms with van der Waals surface area (Å²) in [6.07, 6.45) is -21.5. The van der Waals surface area contributed by atoms with Crippen LogP contribution in [0.3, 0.4) is 0 Å². The molecule has 32 heavy (non-hydrogen) atoms. The second kappa shape index (κ2) is 16.0. The molecular formula is C11H5F12NdO8. The monoisotopic (exact) mass is 635 g/mol. The molecule has 1 radical (unpaired) electrons. The maximum Gasteiger partial charge on any atom is 3.00 e. The van der Waals surface area contributed by atoms with E-state index in [1.54, 1.807) is 0 Å². The average molecular weight is 637 g/mol. The standard InChI is InChI=1S/C5H5F3O2.3C2HF3O2.Nd/c1-3(9)2-4(10)5(6,7)8;3*3-2(4,5)1(6)7;/h2H2,1H3;3*(H,6,7);/q;;;;+3/p-3. The predicted octanol–water partition coefficient (Wildman–Crippen LogP) is -1.01. The zero-order valence-electron chi connectivity index (χ0n) is 14.5. The Morgan fingerprint density at radius 1 is 0.531 bits per heavy atom. The van der Waals surface area contributed by atoms with Gasteiger partial charge in [0.05, 0.1) is 6.42 Å². The third-order valence-corrected chi connectivity index (χ3v) is 1.42. The van der Waals surface area contributed by atoms with Gasteiger partial charge in [-0.05, 0) is 6.92 Å². The van der Waals surface area contributed by atoms with Crippen LogP contribution in [0, 0.1) is 40.8 Å². The van der Waals surface area contributed by atoms with Gasteiger partial charge in [-0.25, -0.2) is 0 Å². The van der Waals surface area contributed by atoms with Gasteiger partial charge in [0.15, 0.2) is 0 Å². The molecule has 0 N–H and O–H groups in total. The Kier molecular flexibility index (Phi) is 20.3. The van der Waals surface area contributed by atoms with Gasteiger partial charge in [0.1, 0.15) is 23.7 Å². The topological polar surface area (TPSA) is 155 Å². The van der Waals surface area contributed by atoms with Crippen molar-refractivity contribution in [1.29, 1.82) is 0 Å². The second-order valence-corrected chi connectivity index (χ2v) is 4.16. The Balaban J connectivity index is -0.000000102. The van der Waals surface area contributed by atoms with Gasteiger partial charge in [0.2, 0.25) is 5.78 Å². The zero-order valence-corrected chi connectivity index (χ0v) is 17.7. The number of aliphatic carboxylic acids is 3. The van der Waals surface area contributed by atoms with Crippen molar-refractivity contribution < 1.29 is 133 Å². The number of rotatable bonds is 2. The summed E-state index contributed by atoms with van der Waals surface area (Å²) in [6, 6.07) is 0. The van der Waals surface area contributed by atoms with Crippen LogP contribution < -0.4 is 15.3 Å². The maximum absolute atomic E-state index is 11.3. The third kappa shape index (κ3) is 30.5. The molecule has 0 aliphatic rings. The largest absolute Gasteiger partial charge is 3.00 e. The van der Waals surface area contributed by atoms with Crippen LogP contribution >= 0.6 is 0 Å². The summed E-state index contributed by atoms with van der Waals surface area (Å²) in [5.74, 6) is -11.8. The molecule has 0 unspecified atom stereocenters. The summed E-state index contributed by atoms with van der Waals surface area (Å²) in [6.45, 7) is 0.934. The molecule has 0 aromatic heterocycles. The Bertz CT molecular complexity index is 576. The van der Waals surface area contributed by atoms with E-state index in [0.717, 1.165) is 6.92 Å². The molecule has 0 fully saturated rings. The van der Waals surface area contributed by atoms with E-state index >= 15 is 0 Å². The van der Waals surface area contributed by atoms with E-state index in [1.165, 1.54) is 0 Å². The van der Waals surface area contributed by atoms with E-state index in [-0.39, 0.29) is 40.8 Å². The normalized spacial score (nSPS) is 10.9. The van der Waals surface area contributed by atoms with Crippen LogP contribution in [0.1, 0.15) is 13.3 Å². The van der Waals surface area contributed by atoms with Crippen molar-refractivity contribution >= 4 is 29.5 Å². The quantitative estimate of drug-likeness (QED) is 0.276. The van der Waals surface area contributed by atoms with E-state index in [2.05, 4.69) is 0 Å². The van der Waals surface area contributed by atoms with Crippen molar-refractivity contribution in [2.75, 3.05) is 0 Å². The van der Waals surface area contributed by atoms with Crippen LogP contribution in [-0.2, 0) is 24.0 Å². The predicted molar refractivity (Wildman–Crippen MR) is 59.5 cm³/mol. The van der Waals surface area contributed by atoms with Gasteiger partial charge in [-0.3, -0.25) is 9.59 Å². The van der Waals surface area contributed by atoms with Crippen LogP contribution in [0.15, 0.2) is 0 Å². The van der Waals surface area contributed by atoms with Crippen molar-refractivity contribution in [2.45, 2.75) is 38.0 Å². The minimum Gasteiger partial charge on any atom is -0.542 e. The van der Waals surface area contributed by atoms with E-state index < -0.39 is 60.6 Å². The summed E-state index contributed by atoms with van der Waals surface area (Å²) >= 11 is 0. The molecule has 0 saturated carbocycles. The SMILES string of the molecule is CC(=O)CC(=O)C(F)(F)F.O=C([O-])C(F)(F)F.O=C([O-])C(F)(F)F.O=C([O-])C(F)(F)F.[Nd+3]. The minimum atomic E-state index is -5.19. The Labute approximate surface area is 200 Å². The molecule has 0 saturated heterocycles. The molecular weight excluding hydrogens is 632 g/mol. The van der Waals surface area contributed by atoms with E-state index in [4.69, 9.17) is 29.7 Å². The first-order valence-corrected chi connectivity index (χ1v) is 6.11. The molecule has 0 aliphatic carbocycles. The molecule has 0 amide bonds. The number of hydrogen-bond acceptors (Lipinski definition) is 8. The van der Waals surface area contributed by atoms with Gasteiger partial charge < -0.3 is 29.7 Å². The molecule has 0 aromatic rings. The summed E-state index contributed by atoms with van der Waals surface area (Å²) in [4.78, 5) is 46.3. The average Bonchev–Trinajstić information content (AvgIpc) is 2.44. The number of carbonyl (C=O) groups excluding carboxylic acids is 5. The molecule has 0 aliphatic heterocycles. The van der Waals surface area contributed by atoms with Crippen molar-refractivity contribution in [3.63, 3.8) is 0 Å². The number of hydrogen-bond donors (Lipinski definition) is 0. The fraction of sp³-hybridized carbons (Fsp3) is 0.545. The maximum atomic E-state index is 11.3. The second-order valence-electron chi connectivity index (χ2n) is 4.16. The molecule has 0 rings (SSSR count). The molecule has 0 spiro atoms. The smallest absolute Gasteiger partial charge is 0.542 e. The van der Waals surface area contributed by atoms with Crippen molar-refractivity contribution in [3.8, 4) is 0 Å². The first kappa shape index (κ1) is 40.6. The van der Waals surface area contributed by atoms with Crippen LogP contribution in [0.2, 0.25) is 0 Å². The van der Waals surface area contributed by atoms with Crippen LogP contribution in [0.4, 0.5) is 52.7 Å². The summed E-state index contributed by atoms with van der Waals surface area (Å²) in [7, 11) is 0. The number of ketones is 2. The Morgan fingerprint density at radius 2 is 0.688 bits per heavy atom. The van der Waals surface area contributed by atoms with Gasteiger partial charge in [-0.2, -0.15) is 52.7 Å². The third-order valence-electron chi connectivity index (χ3n) is 1.42. The molecule has 0 bridgehead atoms. The van der Waals surface area contributed by atoms with Gasteiger partial charge >= 0.3 is 65.5 Å². The van der Waals surface area contributed by atoms with Gasteiger partial charge in [0.25, 0.3) is 0 Å². The summed E-state index contributed by atoms with van der Waals surface area (Å²) < 4.78 is 129. The van der Waals surface area contributed by atoms with Crippen LogP contribution in [0.25, 0.3) is 0 Å². The first-order valence-electron chi connectivity index (χ1n) is 6.11. The molecule has 185 valence electrons. The number of carbonyl (C=O) groups is 5. The van der Waals surface area contributed by atoms with Crippen molar-refractivity contribution in [3.05, 3.63) is 0 Å². The van der Waals surface area contributed by atoms with Crippen molar-refractivity contribution in [2.24, 2.45) is 0 Å². The van der Waals surface area contributed by atoms with Gasteiger partial charge in [0, 0.05) is 0 Å². The van der Waals surface area contributed by atoms with E-state index in [0.29, 0.717) is 0 Å². The number of carboxylic acids is 3. The molecule has 0 atom stereocenters. The van der Waals surface area contributed by atoms with Crippen LogP contribution in [-0.4, -0.2) is 54.2 Å². The molecule has 0 aromatic carbocycles. The fourth-order valence-electron chi connectivity index (χ4n) is 0.326. The fourth-order valence-corrected chi connectivity index (χ4v) is 0.326. The van der Waals surface area contributed by atoms with Gasteiger partial charge in [-0.15, -0.1) is 0 Å². The molecule has 21 heteroatoms. The Morgan fingerprint density at radius 3 is 0.719 bits per heavy atom. The number of halogens is 12.